The highest BCUT2D eigenvalue weighted by molar-refractivity contribution is 9.09. The first-order chi connectivity index (χ1) is 11.4. The van der Waals surface area contributed by atoms with Crippen molar-refractivity contribution in [2.45, 2.75) is 6.42 Å². The van der Waals surface area contributed by atoms with Crippen LogP contribution >= 0.6 is 40.2 Å². The smallest absolute Gasteiger partial charge is 0.112 e. The van der Waals surface area contributed by atoms with Crippen molar-refractivity contribution in [3.8, 4) is 0 Å². The number of rotatable bonds is 6. The minimum Gasteiger partial charge on any atom is -1.00 e. The molecule has 0 aliphatic rings. The SMILES string of the molecule is Br.BrCCC[P+](c1ccccc1)(c1ccccc1)c1ccccc1.[Br-]. The maximum Gasteiger partial charge on any atom is 0.112 e. The number of benzene rings is 3. The van der Waals surface area contributed by atoms with Crippen LogP contribution in [0.1, 0.15) is 6.42 Å². The van der Waals surface area contributed by atoms with Crippen molar-refractivity contribution in [1.82, 2.24) is 0 Å². The summed E-state index contributed by atoms with van der Waals surface area (Å²) in [6.07, 6.45) is 2.36. The molecule has 0 atom stereocenters. The van der Waals surface area contributed by atoms with Crippen LogP contribution in [0, 0.1) is 0 Å². The minimum absolute atomic E-state index is 0. The summed E-state index contributed by atoms with van der Waals surface area (Å²) in [4.78, 5) is 0. The Morgan fingerprint density at radius 1 is 0.600 bits per heavy atom. The highest BCUT2D eigenvalue weighted by Crippen LogP contribution is 2.55. The lowest BCUT2D eigenvalue weighted by Gasteiger charge is -2.27. The number of hydrogen-bond donors (Lipinski definition) is 0. The van der Waals surface area contributed by atoms with Crippen LogP contribution in [0.25, 0.3) is 0 Å². The van der Waals surface area contributed by atoms with Crippen LogP contribution in [0.5, 0.6) is 0 Å². The zero-order valence-corrected chi connectivity index (χ0v) is 19.7. The largest absolute Gasteiger partial charge is 1.00 e. The van der Waals surface area contributed by atoms with E-state index in [0.717, 1.165) is 5.33 Å². The van der Waals surface area contributed by atoms with Crippen molar-refractivity contribution >= 4 is 56.1 Å². The summed E-state index contributed by atoms with van der Waals surface area (Å²) in [5.74, 6) is 0. The van der Waals surface area contributed by atoms with Gasteiger partial charge in [0.05, 0.1) is 6.16 Å². The highest BCUT2D eigenvalue weighted by Gasteiger charge is 2.44. The van der Waals surface area contributed by atoms with E-state index in [2.05, 4.69) is 107 Å². The van der Waals surface area contributed by atoms with E-state index in [4.69, 9.17) is 0 Å². The Labute approximate surface area is 181 Å². The molecule has 0 N–H and O–H groups in total. The molecule has 0 heterocycles. The van der Waals surface area contributed by atoms with Gasteiger partial charge in [-0.05, 0) is 42.8 Å². The van der Waals surface area contributed by atoms with Gasteiger partial charge in [-0.2, -0.15) is 0 Å². The third-order valence-corrected chi connectivity index (χ3v) is 9.30. The van der Waals surface area contributed by atoms with Crippen molar-refractivity contribution in [2.24, 2.45) is 0 Å². The molecule has 0 fully saturated rings. The molecule has 0 bridgehead atoms. The molecule has 3 aromatic rings. The monoisotopic (exact) mass is 542 g/mol. The molecule has 0 nitrogen and oxygen atoms in total. The van der Waals surface area contributed by atoms with Crippen molar-refractivity contribution < 1.29 is 17.0 Å². The van der Waals surface area contributed by atoms with Crippen LogP contribution in [0.3, 0.4) is 0 Å². The van der Waals surface area contributed by atoms with Gasteiger partial charge in [0.1, 0.15) is 23.2 Å². The lowest BCUT2D eigenvalue weighted by molar-refractivity contribution is -0.00000447. The van der Waals surface area contributed by atoms with Gasteiger partial charge in [-0.1, -0.05) is 70.5 Å². The second-order valence-corrected chi connectivity index (χ2v) is 9.99. The first kappa shape index (κ1) is 22.6. The average molecular weight is 545 g/mol. The second-order valence-electron chi connectivity index (χ2n) is 5.58. The van der Waals surface area contributed by atoms with E-state index in [1.165, 1.54) is 28.5 Å². The summed E-state index contributed by atoms with van der Waals surface area (Å²) in [6, 6.07) is 33.2. The van der Waals surface area contributed by atoms with Crippen molar-refractivity contribution in [2.75, 3.05) is 11.5 Å². The second kappa shape index (κ2) is 11.3. The topological polar surface area (TPSA) is 0 Å². The van der Waals surface area contributed by atoms with Crippen molar-refractivity contribution in [3.05, 3.63) is 91.0 Å². The van der Waals surface area contributed by atoms with Crippen molar-refractivity contribution in [3.63, 3.8) is 0 Å². The lowest BCUT2D eigenvalue weighted by Crippen LogP contribution is -3.00. The molecule has 0 spiro atoms. The molecule has 3 aromatic carbocycles. The lowest BCUT2D eigenvalue weighted by atomic mass is 10.4. The predicted molar refractivity (Wildman–Crippen MR) is 119 cm³/mol. The van der Waals surface area contributed by atoms with Gasteiger partial charge in [0.25, 0.3) is 0 Å². The number of hydrogen-bond acceptors (Lipinski definition) is 0. The van der Waals surface area contributed by atoms with Gasteiger partial charge >= 0.3 is 0 Å². The van der Waals surface area contributed by atoms with E-state index in [-0.39, 0.29) is 34.0 Å². The Balaban J connectivity index is 0.00000156. The van der Waals surface area contributed by atoms with Gasteiger partial charge in [0.15, 0.2) is 0 Å². The molecule has 0 radical (unpaired) electrons. The van der Waals surface area contributed by atoms with Crippen LogP contribution < -0.4 is 32.9 Å². The zero-order chi connectivity index (χ0) is 16.0. The van der Waals surface area contributed by atoms with Crippen LogP contribution in [0.4, 0.5) is 0 Å². The van der Waals surface area contributed by atoms with Crippen molar-refractivity contribution in [1.29, 1.82) is 0 Å². The summed E-state index contributed by atoms with van der Waals surface area (Å²) < 4.78 is 0. The van der Waals surface area contributed by atoms with Crippen LogP contribution in [0.2, 0.25) is 0 Å². The molecule has 0 amide bonds. The standard InChI is InChI=1S/C21H21BrP.2BrH/c22-17-10-18-23(19-11-4-1-5-12-19,20-13-6-2-7-14-20)21-15-8-3-9-16-21;;/h1-9,11-16H,10,17-18H2;2*1H/q+1;;/p-1. The Hall–Kier alpha value is -0.470. The summed E-state index contributed by atoms with van der Waals surface area (Å²) in [7, 11) is -1.60. The summed E-state index contributed by atoms with van der Waals surface area (Å²) in [5, 5.41) is 5.45. The Morgan fingerprint density at radius 2 is 0.920 bits per heavy atom. The minimum atomic E-state index is -1.60. The van der Waals surface area contributed by atoms with E-state index in [1.807, 2.05) is 0 Å². The van der Waals surface area contributed by atoms with Gasteiger partial charge in [-0.3, -0.25) is 0 Å². The van der Waals surface area contributed by atoms with E-state index >= 15 is 0 Å². The first-order valence-corrected chi connectivity index (χ1v) is 11.1. The first-order valence-electron chi connectivity index (χ1n) is 7.99. The molecule has 25 heavy (non-hydrogen) atoms. The van der Waals surface area contributed by atoms with Gasteiger partial charge < -0.3 is 17.0 Å². The summed E-state index contributed by atoms with van der Waals surface area (Å²) in [5.41, 5.74) is 0. The number of alkyl halides is 1. The predicted octanol–water partition coefficient (Wildman–Crippen LogP) is 2.35. The molecule has 0 aliphatic heterocycles. The van der Waals surface area contributed by atoms with Crippen LogP contribution in [-0.4, -0.2) is 11.5 Å². The molecule has 0 aromatic heterocycles. The molecular formula is C21H22Br3P. The van der Waals surface area contributed by atoms with Gasteiger partial charge in [0, 0.05) is 5.33 Å². The molecule has 0 saturated heterocycles. The van der Waals surface area contributed by atoms with E-state index in [9.17, 15) is 0 Å². The van der Waals surface area contributed by atoms with Crippen LogP contribution in [-0.2, 0) is 0 Å². The quantitative estimate of drug-likeness (QED) is 0.330. The Kier molecular flexibility index (Phi) is 10.2. The molecule has 0 unspecified atom stereocenters. The third kappa shape index (κ3) is 5.04. The van der Waals surface area contributed by atoms with Gasteiger partial charge in [-0.15, -0.1) is 17.0 Å². The molecule has 132 valence electrons. The molecule has 3 rings (SSSR count). The maximum atomic E-state index is 3.64. The van der Waals surface area contributed by atoms with E-state index < -0.39 is 7.26 Å². The van der Waals surface area contributed by atoms with Gasteiger partial charge in [-0.25, -0.2) is 0 Å². The third-order valence-electron chi connectivity index (χ3n) is 4.22. The summed E-state index contributed by atoms with van der Waals surface area (Å²) >= 11 is 3.64. The van der Waals surface area contributed by atoms with E-state index in [0.29, 0.717) is 0 Å². The Bertz CT molecular complexity index is 621. The molecule has 0 aliphatic carbocycles. The molecular weight excluding hydrogens is 523 g/mol. The number of halogens is 3. The fraction of sp³-hybridized carbons (Fsp3) is 0.143. The maximum absolute atomic E-state index is 3.64. The zero-order valence-electron chi connectivity index (χ0n) is 13.9. The van der Waals surface area contributed by atoms with Gasteiger partial charge in [0.2, 0.25) is 0 Å². The molecule has 0 saturated carbocycles. The normalized spacial score (nSPS) is 10.4. The molecule has 4 heteroatoms. The van der Waals surface area contributed by atoms with Crippen LogP contribution in [0.15, 0.2) is 91.0 Å². The fourth-order valence-electron chi connectivity index (χ4n) is 3.18. The Morgan fingerprint density at radius 3 is 1.20 bits per heavy atom. The fourth-order valence-corrected chi connectivity index (χ4v) is 8.24. The summed E-state index contributed by atoms with van der Waals surface area (Å²) in [6.45, 7) is 0. The van der Waals surface area contributed by atoms with E-state index in [1.54, 1.807) is 0 Å². The highest BCUT2D eigenvalue weighted by atomic mass is 79.9. The average Bonchev–Trinajstić information content (AvgIpc) is 2.65.